The standard InChI is InChI=1S/C7H12N2OS/c8-4-3-11-7(1-2-7)5(4)6(9)10/h4-5H,1-3,8H2,(H2,9,10). The summed E-state index contributed by atoms with van der Waals surface area (Å²) in [4.78, 5) is 11.0. The highest BCUT2D eigenvalue weighted by molar-refractivity contribution is 8.01. The zero-order valence-electron chi connectivity index (χ0n) is 6.25. The highest BCUT2D eigenvalue weighted by atomic mass is 32.2. The van der Waals surface area contributed by atoms with E-state index in [9.17, 15) is 4.79 Å². The van der Waals surface area contributed by atoms with Gasteiger partial charge in [-0.15, -0.1) is 0 Å². The maximum absolute atomic E-state index is 11.0. The average Bonchev–Trinajstić information content (AvgIpc) is 2.56. The summed E-state index contributed by atoms with van der Waals surface area (Å²) in [5.74, 6) is 0.626. The topological polar surface area (TPSA) is 69.1 Å². The minimum Gasteiger partial charge on any atom is -0.369 e. The molecule has 62 valence electrons. The van der Waals surface area contributed by atoms with Crippen LogP contribution in [0.3, 0.4) is 0 Å². The second-order valence-electron chi connectivity index (χ2n) is 3.42. The molecule has 1 aliphatic carbocycles. The normalized spacial score (nSPS) is 39.4. The molecule has 2 unspecified atom stereocenters. The van der Waals surface area contributed by atoms with Gasteiger partial charge in [0, 0.05) is 16.5 Å². The van der Waals surface area contributed by atoms with E-state index >= 15 is 0 Å². The summed E-state index contributed by atoms with van der Waals surface area (Å²) in [6.45, 7) is 0. The van der Waals surface area contributed by atoms with Crippen LogP contribution in [-0.2, 0) is 4.79 Å². The molecule has 0 aromatic carbocycles. The minimum atomic E-state index is -0.208. The summed E-state index contributed by atoms with van der Waals surface area (Å²) in [5.41, 5.74) is 11.0. The molecule has 1 saturated heterocycles. The fourth-order valence-electron chi connectivity index (χ4n) is 1.89. The predicted molar refractivity (Wildman–Crippen MR) is 45.1 cm³/mol. The Morgan fingerprint density at radius 1 is 1.55 bits per heavy atom. The molecular weight excluding hydrogens is 160 g/mol. The third-order valence-corrected chi connectivity index (χ3v) is 4.40. The largest absolute Gasteiger partial charge is 0.369 e. The molecule has 0 bridgehead atoms. The number of carbonyl (C=O) groups is 1. The molecule has 2 aliphatic rings. The first kappa shape index (κ1) is 7.43. The van der Waals surface area contributed by atoms with Crippen LogP contribution in [0, 0.1) is 5.92 Å². The van der Waals surface area contributed by atoms with Gasteiger partial charge in [-0.3, -0.25) is 4.79 Å². The van der Waals surface area contributed by atoms with E-state index in [2.05, 4.69) is 0 Å². The van der Waals surface area contributed by atoms with Gasteiger partial charge < -0.3 is 11.5 Å². The van der Waals surface area contributed by atoms with Crippen LogP contribution in [0.1, 0.15) is 12.8 Å². The van der Waals surface area contributed by atoms with Crippen LogP contribution in [-0.4, -0.2) is 22.4 Å². The number of amides is 1. The van der Waals surface area contributed by atoms with Gasteiger partial charge in [-0.05, 0) is 12.8 Å². The lowest BCUT2D eigenvalue weighted by molar-refractivity contribution is -0.122. The number of hydrogen-bond acceptors (Lipinski definition) is 3. The van der Waals surface area contributed by atoms with Crippen LogP contribution in [0.5, 0.6) is 0 Å². The maximum Gasteiger partial charge on any atom is 0.223 e. The Labute approximate surface area is 69.9 Å². The minimum absolute atomic E-state index is 0.000000000000000444. The van der Waals surface area contributed by atoms with Crippen molar-refractivity contribution in [1.82, 2.24) is 0 Å². The lowest BCUT2D eigenvalue weighted by Gasteiger charge is -2.16. The van der Waals surface area contributed by atoms with E-state index in [1.54, 1.807) is 0 Å². The summed E-state index contributed by atoms with van der Waals surface area (Å²) in [5, 5.41) is 0. The third-order valence-electron chi connectivity index (χ3n) is 2.61. The molecule has 0 radical (unpaired) electrons. The van der Waals surface area contributed by atoms with Crippen LogP contribution < -0.4 is 11.5 Å². The summed E-state index contributed by atoms with van der Waals surface area (Å²) >= 11 is 1.83. The molecule has 1 amide bonds. The molecule has 1 aliphatic heterocycles. The van der Waals surface area contributed by atoms with Crippen LogP contribution in [0.4, 0.5) is 0 Å². The summed E-state index contributed by atoms with van der Waals surface area (Å²) in [6, 6.07) is -0.000000000000000444. The number of nitrogens with two attached hydrogens (primary N) is 2. The van der Waals surface area contributed by atoms with E-state index in [0.717, 1.165) is 18.6 Å². The Bertz CT molecular complexity index is 203. The molecule has 4 heteroatoms. The second kappa shape index (κ2) is 2.14. The summed E-state index contributed by atoms with van der Waals surface area (Å²) in [7, 11) is 0. The van der Waals surface area contributed by atoms with Crippen molar-refractivity contribution in [3.05, 3.63) is 0 Å². The average molecular weight is 172 g/mol. The van der Waals surface area contributed by atoms with Crippen LogP contribution in [0.15, 0.2) is 0 Å². The van der Waals surface area contributed by atoms with Gasteiger partial charge in [0.2, 0.25) is 5.91 Å². The Hall–Kier alpha value is -0.220. The molecule has 2 fully saturated rings. The number of carbonyl (C=O) groups excluding carboxylic acids is 1. The van der Waals surface area contributed by atoms with Crippen molar-refractivity contribution in [2.75, 3.05) is 5.75 Å². The molecule has 0 aromatic heterocycles. The van der Waals surface area contributed by atoms with Crippen molar-refractivity contribution in [2.45, 2.75) is 23.6 Å². The fraction of sp³-hybridized carbons (Fsp3) is 0.857. The van der Waals surface area contributed by atoms with Gasteiger partial charge >= 0.3 is 0 Å². The Balaban J connectivity index is 2.20. The third kappa shape index (κ3) is 0.964. The van der Waals surface area contributed by atoms with E-state index in [4.69, 9.17) is 11.5 Å². The number of primary amides is 1. The zero-order chi connectivity index (χ0) is 8.06. The molecule has 11 heavy (non-hydrogen) atoms. The number of rotatable bonds is 1. The molecule has 1 saturated carbocycles. The molecule has 1 spiro atoms. The van der Waals surface area contributed by atoms with E-state index in [0.29, 0.717) is 0 Å². The number of hydrogen-bond donors (Lipinski definition) is 2. The van der Waals surface area contributed by atoms with Gasteiger partial charge in [-0.25, -0.2) is 0 Å². The first-order chi connectivity index (χ1) is 5.16. The van der Waals surface area contributed by atoms with Gasteiger partial charge in [0.05, 0.1) is 5.92 Å². The molecule has 2 rings (SSSR count). The predicted octanol–water partition coefficient (Wildman–Crippen LogP) is -0.305. The van der Waals surface area contributed by atoms with Gasteiger partial charge in [0.15, 0.2) is 0 Å². The second-order valence-corrected chi connectivity index (χ2v) is 4.85. The van der Waals surface area contributed by atoms with E-state index in [1.165, 1.54) is 0 Å². The zero-order valence-corrected chi connectivity index (χ0v) is 7.06. The van der Waals surface area contributed by atoms with Crippen LogP contribution in [0.25, 0.3) is 0 Å². The lowest BCUT2D eigenvalue weighted by atomic mass is 9.96. The van der Waals surface area contributed by atoms with Crippen molar-refractivity contribution in [1.29, 1.82) is 0 Å². The molecule has 0 aromatic rings. The lowest BCUT2D eigenvalue weighted by Crippen LogP contribution is -2.41. The van der Waals surface area contributed by atoms with Gasteiger partial charge in [-0.2, -0.15) is 11.8 Å². The van der Waals surface area contributed by atoms with Gasteiger partial charge in [0.1, 0.15) is 0 Å². The van der Waals surface area contributed by atoms with Crippen molar-refractivity contribution in [2.24, 2.45) is 17.4 Å². The number of thioether (sulfide) groups is 1. The van der Waals surface area contributed by atoms with E-state index < -0.39 is 0 Å². The maximum atomic E-state index is 11.0. The molecular formula is C7H12N2OS. The summed E-state index contributed by atoms with van der Waals surface area (Å²) < 4.78 is 0.172. The Morgan fingerprint density at radius 2 is 2.18 bits per heavy atom. The smallest absolute Gasteiger partial charge is 0.223 e. The SMILES string of the molecule is NC(=O)C1C(N)CSC12CC2. The van der Waals surface area contributed by atoms with Crippen molar-refractivity contribution in [3.63, 3.8) is 0 Å². The highest BCUT2D eigenvalue weighted by Gasteiger charge is 2.58. The molecule has 4 N–H and O–H groups in total. The van der Waals surface area contributed by atoms with Gasteiger partial charge in [-0.1, -0.05) is 0 Å². The first-order valence-corrected chi connectivity index (χ1v) is 4.83. The summed E-state index contributed by atoms with van der Waals surface area (Å²) in [6.07, 6.45) is 2.25. The van der Waals surface area contributed by atoms with Crippen molar-refractivity contribution < 1.29 is 4.79 Å². The fourth-order valence-corrected chi connectivity index (χ4v) is 3.47. The molecule has 3 nitrogen and oxygen atoms in total. The van der Waals surface area contributed by atoms with Crippen molar-refractivity contribution >= 4 is 17.7 Å². The molecule has 2 atom stereocenters. The monoisotopic (exact) mass is 172 g/mol. The Morgan fingerprint density at radius 3 is 2.55 bits per heavy atom. The van der Waals surface area contributed by atoms with Gasteiger partial charge in [0.25, 0.3) is 0 Å². The van der Waals surface area contributed by atoms with Crippen molar-refractivity contribution in [3.8, 4) is 0 Å². The van der Waals surface area contributed by atoms with E-state index in [1.807, 2.05) is 11.8 Å². The van der Waals surface area contributed by atoms with E-state index in [-0.39, 0.29) is 22.6 Å². The van der Waals surface area contributed by atoms with Crippen LogP contribution >= 0.6 is 11.8 Å². The quantitative estimate of drug-likeness (QED) is 0.570. The molecule has 1 heterocycles. The van der Waals surface area contributed by atoms with Crippen LogP contribution in [0.2, 0.25) is 0 Å². The Kier molecular flexibility index (Phi) is 1.44. The first-order valence-electron chi connectivity index (χ1n) is 3.84. The highest BCUT2D eigenvalue weighted by Crippen LogP contribution is 2.59.